The average molecular weight is 1560 g/mol. The summed E-state index contributed by atoms with van der Waals surface area (Å²) in [4.78, 5) is 49.3. The normalized spacial score (nSPS) is 11.4. The highest BCUT2D eigenvalue weighted by Crippen LogP contribution is 2.40. The van der Waals surface area contributed by atoms with Crippen LogP contribution >= 0.6 is 0 Å². The summed E-state index contributed by atoms with van der Waals surface area (Å²) in [6, 6.07) is 138. The largest absolute Gasteiger partial charge is 0.456 e. The van der Waals surface area contributed by atoms with Crippen molar-refractivity contribution in [1.82, 2.24) is 49.8 Å². The van der Waals surface area contributed by atoms with Crippen molar-refractivity contribution in [2.24, 2.45) is 0 Å². The van der Waals surface area contributed by atoms with Crippen molar-refractivity contribution in [2.75, 3.05) is 0 Å². The molecule has 0 aliphatic carbocycles. The molecule has 0 unspecified atom stereocenters. The molecule has 122 heavy (non-hydrogen) atoms. The van der Waals surface area contributed by atoms with Gasteiger partial charge in [-0.3, -0.25) is 9.97 Å². The number of nitrogens with zero attached hydrogens (tertiary/aromatic N) is 10. The van der Waals surface area contributed by atoms with Crippen molar-refractivity contribution in [3.05, 3.63) is 413 Å². The molecule has 7 aromatic heterocycles. The molecule has 0 aliphatic rings. The molecule has 12 heteroatoms. The van der Waals surface area contributed by atoms with Gasteiger partial charge < -0.3 is 8.83 Å². The number of aromatic nitrogens is 10. The highest BCUT2D eigenvalue weighted by atomic mass is 16.3. The highest BCUT2D eigenvalue weighted by Gasteiger charge is 2.20. The van der Waals surface area contributed by atoms with E-state index in [1.54, 1.807) is 0 Å². The Kier molecular flexibility index (Phi) is 18.3. The lowest BCUT2D eigenvalue weighted by atomic mass is 9.97. The first-order valence-electron chi connectivity index (χ1n) is 40.5. The van der Waals surface area contributed by atoms with Gasteiger partial charge in [-0.15, -0.1) is 0 Å². The summed E-state index contributed by atoms with van der Waals surface area (Å²) in [6.45, 7) is 0. The summed E-state index contributed by atoms with van der Waals surface area (Å²) in [7, 11) is 0. The molecule has 0 N–H and O–H groups in total. The maximum Gasteiger partial charge on any atom is 0.164 e. The van der Waals surface area contributed by atoms with Crippen LogP contribution in [0.5, 0.6) is 0 Å². The fourth-order valence-electron chi connectivity index (χ4n) is 16.2. The van der Waals surface area contributed by atoms with E-state index in [2.05, 4.69) is 272 Å². The van der Waals surface area contributed by atoms with Crippen LogP contribution in [0.1, 0.15) is 0 Å². The Morgan fingerprint density at radius 3 is 0.926 bits per heavy atom. The Hall–Kier alpha value is -16.7. The van der Waals surface area contributed by atoms with Gasteiger partial charge in [-0.2, -0.15) is 0 Å². The third-order valence-corrected chi connectivity index (χ3v) is 22.7. The van der Waals surface area contributed by atoms with Crippen LogP contribution in [-0.2, 0) is 0 Å². The van der Waals surface area contributed by atoms with E-state index in [0.29, 0.717) is 34.9 Å². The predicted molar refractivity (Wildman–Crippen MR) is 494 cm³/mol. The molecular formula is C110H68N10O2. The number of hydrogen-bond acceptors (Lipinski definition) is 12. The van der Waals surface area contributed by atoms with E-state index in [9.17, 15) is 0 Å². The van der Waals surface area contributed by atoms with Gasteiger partial charge in [0.2, 0.25) is 0 Å². The lowest BCUT2D eigenvalue weighted by molar-refractivity contribution is 0.669. The number of para-hydroxylation sites is 3. The number of pyridine rings is 2. The number of fused-ring (bicyclic) bond motifs is 10. The Bertz CT molecular complexity index is 7840. The van der Waals surface area contributed by atoms with Crippen LogP contribution in [0.25, 0.3) is 234 Å². The van der Waals surface area contributed by atoms with Crippen molar-refractivity contribution in [2.45, 2.75) is 0 Å². The molecule has 7 heterocycles. The Labute approximate surface area is 701 Å². The number of furan rings is 2. The van der Waals surface area contributed by atoms with E-state index in [1.165, 1.54) is 11.1 Å². The van der Waals surface area contributed by atoms with E-state index in [-0.39, 0.29) is 0 Å². The predicted octanol–water partition coefficient (Wildman–Crippen LogP) is 27.9. The van der Waals surface area contributed by atoms with E-state index < -0.39 is 0 Å². The van der Waals surface area contributed by atoms with Crippen molar-refractivity contribution in [3.8, 4) is 157 Å². The molecule has 12 nitrogen and oxygen atoms in total. The van der Waals surface area contributed by atoms with Gasteiger partial charge in [0.15, 0.2) is 40.5 Å². The maximum absolute atomic E-state index is 6.24. The molecule has 0 bridgehead atoms. The lowest BCUT2D eigenvalue weighted by Crippen LogP contribution is -2.00. The molecule has 0 fully saturated rings. The third kappa shape index (κ3) is 14.1. The van der Waals surface area contributed by atoms with E-state index in [4.69, 9.17) is 53.7 Å². The zero-order valence-electron chi connectivity index (χ0n) is 65.5. The van der Waals surface area contributed by atoms with Crippen LogP contribution in [0.4, 0.5) is 0 Å². The molecular weight excluding hydrogens is 1490 g/mol. The minimum atomic E-state index is 0.629. The molecule has 0 aliphatic heterocycles. The van der Waals surface area contributed by atoms with Gasteiger partial charge in [-0.25, -0.2) is 39.9 Å². The first-order chi connectivity index (χ1) is 60.4. The topological polar surface area (TPSA) is 155 Å². The molecule has 0 amide bonds. The molecule has 0 atom stereocenters. The zero-order chi connectivity index (χ0) is 80.8. The molecule has 23 aromatic rings. The van der Waals surface area contributed by atoms with Gasteiger partial charge >= 0.3 is 0 Å². The quantitative estimate of drug-likeness (QED) is 0.0952. The van der Waals surface area contributed by atoms with Crippen molar-refractivity contribution in [3.63, 3.8) is 0 Å². The summed E-state index contributed by atoms with van der Waals surface area (Å²) >= 11 is 0. The van der Waals surface area contributed by atoms with E-state index in [1.807, 2.05) is 146 Å². The monoisotopic (exact) mass is 1560 g/mol. The molecule has 0 saturated carbocycles. The Morgan fingerprint density at radius 2 is 0.492 bits per heavy atom. The maximum atomic E-state index is 6.24. The van der Waals surface area contributed by atoms with Gasteiger partial charge in [-0.05, 0) is 109 Å². The number of hydrogen-bond donors (Lipinski definition) is 0. The van der Waals surface area contributed by atoms with Gasteiger partial charge in [0.1, 0.15) is 16.7 Å². The van der Waals surface area contributed by atoms with E-state index >= 15 is 0 Å². The average Bonchev–Trinajstić information content (AvgIpc) is 1.60. The molecule has 570 valence electrons. The smallest absolute Gasteiger partial charge is 0.164 e. The lowest BCUT2D eigenvalue weighted by Gasteiger charge is -2.10. The second-order valence-corrected chi connectivity index (χ2v) is 30.2. The molecule has 0 spiro atoms. The van der Waals surface area contributed by atoms with Crippen LogP contribution in [0.15, 0.2) is 422 Å². The summed E-state index contributed by atoms with van der Waals surface area (Å²) in [5.41, 5.74) is 30.9. The third-order valence-electron chi connectivity index (χ3n) is 22.7. The number of rotatable bonds is 14. The minimum absolute atomic E-state index is 0.629. The van der Waals surface area contributed by atoms with Gasteiger partial charge in [-0.1, -0.05) is 358 Å². The minimum Gasteiger partial charge on any atom is -0.456 e. The Morgan fingerprint density at radius 1 is 0.164 bits per heavy atom. The molecule has 0 saturated heterocycles. The zero-order valence-corrected chi connectivity index (χ0v) is 65.5. The summed E-state index contributed by atoms with van der Waals surface area (Å²) in [6.07, 6.45) is 3.71. The summed E-state index contributed by atoms with van der Waals surface area (Å²) < 4.78 is 12.4. The number of benzene rings is 16. The van der Waals surface area contributed by atoms with Crippen LogP contribution in [0.2, 0.25) is 0 Å². The SMILES string of the molecule is c1ccc(-c2ccc(-c3nc(-c4ccccc4)nc(-c4ccc(-c5ccc(-c6ccc(-c7cc8c(cn7)oc7c9ccccc9ncc87)cc6)cc5)cc4)n3)cc2)cc1.c1ccc(-c2ccc(-c3nc(-c4ccccc4)nc(-c4ccc(-c5ccc(-c6ccc(-c7cccc8nc9cc%10oc%11ccccc%11c%10cc9nc78)cc6)cc5)cc4)n3)cc2)cc1. The second kappa shape index (κ2) is 31.1. The van der Waals surface area contributed by atoms with Gasteiger partial charge in [0.05, 0.1) is 39.5 Å². The van der Waals surface area contributed by atoms with Crippen LogP contribution in [-0.4, -0.2) is 49.8 Å². The molecule has 0 radical (unpaired) electrons. The van der Waals surface area contributed by atoms with Crippen LogP contribution < -0.4 is 0 Å². The highest BCUT2D eigenvalue weighted by molar-refractivity contribution is 6.14. The van der Waals surface area contributed by atoms with Crippen LogP contribution in [0, 0.1) is 0 Å². The van der Waals surface area contributed by atoms with Gasteiger partial charge in [0, 0.05) is 83.7 Å². The van der Waals surface area contributed by atoms with Crippen molar-refractivity contribution >= 4 is 76.8 Å². The fourth-order valence-corrected chi connectivity index (χ4v) is 16.2. The molecule has 23 rings (SSSR count). The van der Waals surface area contributed by atoms with Crippen LogP contribution in [0.3, 0.4) is 0 Å². The van der Waals surface area contributed by atoms with Gasteiger partial charge in [0.25, 0.3) is 0 Å². The molecule has 16 aromatic carbocycles. The Balaban J connectivity index is 0.000000146. The fraction of sp³-hybridized carbons (Fsp3) is 0. The van der Waals surface area contributed by atoms with E-state index in [0.717, 1.165) is 188 Å². The first kappa shape index (κ1) is 71.8. The second-order valence-electron chi connectivity index (χ2n) is 30.2. The summed E-state index contributed by atoms with van der Waals surface area (Å²) in [5.74, 6) is 3.81. The van der Waals surface area contributed by atoms with Crippen molar-refractivity contribution < 1.29 is 8.83 Å². The first-order valence-corrected chi connectivity index (χ1v) is 40.5. The summed E-state index contributed by atoms with van der Waals surface area (Å²) in [5, 5.41) is 5.13. The van der Waals surface area contributed by atoms with Crippen molar-refractivity contribution in [1.29, 1.82) is 0 Å². The standard InChI is InChI=1S/C57H35N5O.C53H33N5O/c1-3-10-36(11-4-1)37-24-30-44(31-25-37)56-60-55(43-12-5-2-6-13-43)61-57(62-56)45-32-26-41(27-33-45)39-20-18-38(19-21-39)40-22-28-42(29-23-40)46-15-9-16-49-54(46)59-50-34-48-47-14-7-8-17-52(47)63-53(48)35-51(50)58-49;1-3-9-34(10-4-1)35-21-27-42(28-22-35)52-56-51(41-11-5-2-6-12-41)57-53(58-52)43-29-23-39(24-30-43)37-17-15-36(16-18-37)38-19-25-40(26-20-38)48-31-45-46-32-54-47-14-8-7-13-44(47)50(46)59-49(45)33-55-48/h1-35H;1-33H.